The van der Waals surface area contributed by atoms with E-state index in [1.165, 1.54) is 43.3 Å². The van der Waals surface area contributed by atoms with Crippen LogP contribution in [0.4, 0.5) is 4.39 Å². The van der Waals surface area contributed by atoms with Gasteiger partial charge >= 0.3 is 25.4 Å². The molecule has 1 unspecified atom stereocenters. The summed E-state index contributed by atoms with van der Waals surface area (Å²) < 4.78 is 54.4. The average molecular weight is 634 g/mol. The minimum Gasteiger partial charge on any atom is -0.478 e. The predicted octanol–water partition coefficient (Wildman–Crippen LogP) is 3.78. The zero-order chi connectivity index (χ0) is 32.2. The number of carbonyl (C=O) groups excluding carboxylic acids is 1. The largest absolute Gasteiger partial charge is 0.478 e. The second-order valence-corrected chi connectivity index (χ2v) is 12.3. The van der Waals surface area contributed by atoms with Crippen molar-refractivity contribution in [2.24, 2.45) is 0 Å². The SMILES string of the molecule is CC(C)OC(=O)[C@H](C)NP(=O)(OC[C@@H]1O[C@@H](n2ccc(=O)[nH]c2=O)[C@](C)(F)[C@H]1c1ccccc1C(=O)O)Oc1ccccc1. The number of aromatic carboxylic acids is 1. The van der Waals surface area contributed by atoms with Crippen LogP contribution in [0.3, 0.4) is 0 Å². The Kier molecular flexibility index (Phi) is 9.89. The number of aromatic nitrogens is 2. The van der Waals surface area contributed by atoms with Crippen molar-refractivity contribution in [2.45, 2.75) is 63.8 Å². The number of H-pyrrole nitrogens is 1. The van der Waals surface area contributed by atoms with E-state index in [0.29, 0.717) is 0 Å². The summed E-state index contributed by atoms with van der Waals surface area (Å²) in [5, 5.41) is 12.4. The van der Waals surface area contributed by atoms with E-state index in [1.807, 2.05) is 4.98 Å². The molecule has 1 aromatic heterocycles. The Morgan fingerprint density at radius 2 is 1.77 bits per heavy atom. The van der Waals surface area contributed by atoms with Gasteiger partial charge in [0.25, 0.3) is 5.56 Å². The number of para-hydroxylation sites is 1. The van der Waals surface area contributed by atoms with E-state index in [2.05, 4.69) is 5.09 Å². The Morgan fingerprint density at radius 1 is 1.11 bits per heavy atom. The predicted molar refractivity (Wildman–Crippen MR) is 155 cm³/mol. The van der Waals surface area contributed by atoms with Crippen molar-refractivity contribution in [3.8, 4) is 5.75 Å². The van der Waals surface area contributed by atoms with Crippen LogP contribution in [0.5, 0.6) is 5.75 Å². The van der Waals surface area contributed by atoms with Crippen LogP contribution in [0.2, 0.25) is 0 Å². The van der Waals surface area contributed by atoms with Gasteiger partial charge in [-0.15, -0.1) is 0 Å². The van der Waals surface area contributed by atoms with Crippen LogP contribution >= 0.6 is 7.75 Å². The van der Waals surface area contributed by atoms with Crippen molar-refractivity contribution in [3.63, 3.8) is 0 Å². The molecule has 1 aliphatic rings. The number of nitrogens with one attached hydrogen (secondary N) is 2. The number of carboxylic acid groups (broad SMARTS) is 1. The molecule has 0 radical (unpaired) electrons. The third kappa shape index (κ3) is 7.33. The lowest BCUT2D eigenvalue weighted by Gasteiger charge is -2.29. The molecule has 15 heteroatoms. The smallest absolute Gasteiger partial charge is 0.459 e. The molecule has 3 aromatic rings. The molecule has 0 saturated carbocycles. The van der Waals surface area contributed by atoms with Gasteiger partial charge in [-0.25, -0.2) is 18.5 Å². The van der Waals surface area contributed by atoms with Crippen LogP contribution in [0.1, 0.15) is 55.8 Å². The first-order valence-corrected chi connectivity index (χ1v) is 15.2. The van der Waals surface area contributed by atoms with Crippen molar-refractivity contribution >= 4 is 19.7 Å². The maximum absolute atomic E-state index is 16.9. The minimum absolute atomic E-state index is 0.0271. The standard InChI is InChI=1S/C29H33FN3O10P/c1-17(2)41-26(37)18(3)32-44(39,43-19-10-6-5-7-11-19)40-16-22-24(20-12-8-9-13-21(20)25(35)36)29(4,30)27(42-22)33-15-14-23(34)31-28(33)38/h5-15,17-18,22,24,27H,16H2,1-4H3,(H,32,39)(H,35,36)(H,31,34,38)/t18-,22-,24-,27+,29+,44?/m0/s1. The highest BCUT2D eigenvalue weighted by Crippen LogP contribution is 2.53. The quantitative estimate of drug-likeness (QED) is 0.196. The molecule has 1 aliphatic heterocycles. The lowest BCUT2D eigenvalue weighted by molar-refractivity contribution is -0.149. The summed E-state index contributed by atoms with van der Waals surface area (Å²) in [5.74, 6) is -3.33. The lowest BCUT2D eigenvalue weighted by atomic mass is 9.80. The summed E-state index contributed by atoms with van der Waals surface area (Å²) in [6, 6.07) is 13.5. The van der Waals surface area contributed by atoms with E-state index >= 15 is 4.39 Å². The van der Waals surface area contributed by atoms with Gasteiger partial charge in [0.15, 0.2) is 11.9 Å². The van der Waals surface area contributed by atoms with Crippen molar-refractivity contribution in [1.82, 2.24) is 14.6 Å². The van der Waals surface area contributed by atoms with Crippen molar-refractivity contribution in [1.29, 1.82) is 0 Å². The Hall–Kier alpha value is -4.10. The normalized spacial score (nSPS) is 23.5. The first-order chi connectivity index (χ1) is 20.7. The highest BCUT2D eigenvalue weighted by molar-refractivity contribution is 7.52. The van der Waals surface area contributed by atoms with E-state index in [-0.39, 0.29) is 16.9 Å². The Morgan fingerprint density at radius 3 is 2.41 bits per heavy atom. The zero-order valence-electron chi connectivity index (χ0n) is 24.3. The van der Waals surface area contributed by atoms with Gasteiger partial charge in [0.2, 0.25) is 0 Å². The number of benzene rings is 2. The molecule has 0 spiro atoms. The van der Waals surface area contributed by atoms with Gasteiger partial charge in [0.05, 0.1) is 30.3 Å². The summed E-state index contributed by atoms with van der Waals surface area (Å²) in [6.07, 6.45) is -2.41. The fourth-order valence-electron chi connectivity index (χ4n) is 4.95. The van der Waals surface area contributed by atoms with E-state index in [1.54, 1.807) is 32.0 Å². The number of hydrogen-bond donors (Lipinski definition) is 3. The number of nitrogens with zero attached hydrogens (tertiary/aromatic N) is 1. The maximum atomic E-state index is 16.9. The van der Waals surface area contributed by atoms with Crippen molar-refractivity contribution in [2.75, 3.05) is 6.61 Å². The molecule has 2 heterocycles. The fraction of sp³-hybridized carbons (Fsp3) is 0.379. The number of esters is 1. The Bertz CT molecular complexity index is 1660. The van der Waals surface area contributed by atoms with E-state index in [4.69, 9.17) is 18.5 Å². The molecular formula is C29H33FN3O10P. The van der Waals surface area contributed by atoms with Crippen LogP contribution in [0, 0.1) is 0 Å². The van der Waals surface area contributed by atoms with Crippen LogP contribution < -0.4 is 20.9 Å². The summed E-state index contributed by atoms with van der Waals surface area (Å²) >= 11 is 0. The van der Waals surface area contributed by atoms with E-state index < -0.39 is 73.6 Å². The summed E-state index contributed by atoms with van der Waals surface area (Å²) in [7, 11) is -4.43. The maximum Gasteiger partial charge on any atom is 0.459 e. The first kappa shape index (κ1) is 32.8. The molecule has 6 atom stereocenters. The van der Waals surface area contributed by atoms with Gasteiger partial charge in [0.1, 0.15) is 11.8 Å². The van der Waals surface area contributed by atoms with Crippen LogP contribution in [0.15, 0.2) is 76.4 Å². The van der Waals surface area contributed by atoms with Crippen LogP contribution in [-0.4, -0.2) is 57.1 Å². The fourth-order valence-corrected chi connectivity index (χ4v) is 6.45. The Balaban J connectivity index is 1.73. The van der Waals surface area contributed by atoms with Crippen molar-refractivity contribution in [3.05, 3.63) is 98.8 Å². The third-order valence-electron chi connectivity index (χ3n) is 6.83. The van der Waals surface area contributed by atoms with E-state index in [0.717, 1.165) is 23.8 Å². The number of hydrogen-bond acceptors (Lipinski definition) is 9. The van der Waals surface area contributed by atoms with Gasteiger partial charge in [-0.3, -0.25) is 23.7 Å². The summed E-state index contributed by atoms with van der Waals surface area (Å²) in [5.41, 5.74) is -4.34. The summed E-state index contributed by atoms with van der Waals surface area (Å²) in [4.78, 5) is 51.0. The molecule has 3 N–H and O–H groups in total. The van der Waals surface area contributed by atoms with Crippen molar-refractivity contribution < 1.29 is 42.2 Å². The molecule has 2 aromatic carbocycles. The van der Waals surface area contributed by atoms with Gasteiger partial charge in [-0.1, -0.05) is 36.4 Å². The zero-order valence-corrected chi connectivity index (χ0v) is 25.2. The number of halogens is 1. The second kappa shape index (κ2) is 13.3. The molecule has 0 bridgehead atoms. The number of carboxylic acids is 1. The Labute approximate surface area is 251 Å². The number of aromatic amines is 1. The second-order valence-electron chi connectivity index (χ2n) is 10.6. The number of ether oxygens (including phenoxy) is 2. The number of rotatable bonds is 12. The molecule has 0 amide bonds. The number of carbonyl (C=O) groups is 2. The van der Waals surface area contributed by atoms with Gasteiger partial charge in [-0.05, 0) is 51.5 Å². The molecule has 4 rings (SSSR count). The van der Waals surface area contributed by atoms with Gasteiger partial charge < -0.3 is 19.1 Å². The van der Waals surface area contributed by atoms with E-state index in [9.17, 15) is 28.8 Å². The molecule has 13 nitrogen and oxygen atoms in total. The topological polar surface area (TPSA) is 175 Å². The average Bonchev–Trinajstić information content (AvgIpc) is 3.21. The highest BCUT2D eigenvalue weighted by Gasteiger charge is 2.57. The summed E-state index contributed by atoms with van der Waals surface area (Å²) in [6.45, 7) is 5.17. The molecular weight excluding hydrogens is 600 g/mol. The van der Waals surface area contributed by atoms with Crippen LogP contribution in [-0.2, 0) is 23.4 Å². The van der Waals surface area contributed by atoms with Gasteiger partial charge in [0, 0.05) is 12.3 Å². The third-order valence-corrected chi connectivity index (χ3v) is 8.47. The van der Waals surface area contributed by atoms with Gasteiger partial charge in [-0.2, -0.15) is 5.09 Å². The molecule has 0 aliphatic carbocycles. The highest BCUT2D eigenvalue weighted by atomic mass is 31.2. The molecule has 1 saturated heterocycles. The minimum atomic E-state index is -4.43. The van der Waals surface area contributed by atoms with Crippen LogP contribution in [0.25, 0.3) is 0 Å². The molecule has 44 heavy (non-hydrogen) atoms. The number of alkyl halides is 1. The molecule has 1 fully saturated rings. The lowest BCUT2D eigenvalue weighted by Crippen LogP contribution is -2.40. The first-order valence-electron chi connectivity index (χ1n) is 13.7. The molecule has 236 valence electrons. The monoisotopic (exact) mass is 633 g/mol.